The molecule has 4 rings (SSSR count). The fraction of sp³-hybridized carbons (Fsp3) is 0.0500. The lowest BCUT2D eigenvalue weighted by Gasteiger charge is -2.14. The molecular weight excluding hydrogens is 301 g/mol. The average Bonchev–Trinajstić information content (AvgIpc) is 3.05. The summed E-state index contributed by atoms with van der Waals surface area (Å²) in [5, 5.41) is 4.66. The number of fused-ring (bicyclic) bond motifs is 1. The van der Waals surface area contributed by atoms with Crippen molar-refractivity contribution in [3.63, 3.8) is 0 Å². The zero-order valence-electron chi connectivity index (χ0n) is 13.0. The summed E-state index contributed by atoms with van der Waals surface area (Å²) in [5.41, 5.74) is 3.20. The van der Waals surface area contributed by atoms with Crippen LogP contribution in [-0.4, -0.2) is 4.98 Å². The van der Waals surface area contributed by atoms with E-state index in [-0.39, 0.29) is 11.9 Å². The highest BCUT2D eigenvalue weighted by atomic mass is 19.1. The van der Waals surface area contributed by atoms with Gasteiger partial charge >= 0.3 is 0 Å². The molecular formula is C20H17FN3+. The first-order chi connectivity index (χ1) is 11.8. The highest BCUT2D eigenvalue weighted by molar-refractivity contribution is 5.84. The number of aromatic nitrogens is 2. The van der Waals surface area contributed by atoms with E-state index in [2.05, 4.69) is 27.4 Å². The second-order valence-corrected chi connectivity index (χ2v) is 5.69. The molecule has 0 bridgehead atoms. The van der Waals surface area contributed by atoms with E-state index in [1.807, 2.05) is 54.9 Å². The SMILES string of the molecule is Fc1ccc([C@H](Nc2cccc[nH+]2)c2c[nH]c3ccccc23)cc1. The number of rotatable bonds is 4. The number of hydrogen-bond acceptors (Lipinski definition) is 1. The van der Waals surface area contributed by atoms with E-state index in [1.54, 1.807) is 0 Å². The average molecular weight is 318 g/mol. The Kier molecular flexibility index (Phi) is 3.71. The molecule has 0 aliphatic rings. The Morgan fingerprint density at radius 2 is 1.71 bits per heavy atom. The summed E-state index contributed by atoms with van der Waals surface area (Å²) >= 11 is 0. The van der Waals surface area contributed by atoms with Crippen molar-refractivity contribution in [2.45, 2.75) is 6.04 Å². The number of para-hydroxylation sites is 1. The Labute approximate surface area is 139 Å². The van der Waals surface area contributed by atoms with Gasteiger partial charge in [0, 0.05) is 34.3 Å². The van der Waals surface area contributed by atoms with Gasteiger partial charge < -0.3 is 4.98 Å². The zero-order valence-corrected chi connectivity index (χ0v) is 13.0. The molecule has 2 aromatic carbocycles. The maximum Gasteiger partial charge on any atom is 0.272 e. The third-order valence-electron chi connectivity index (χ3n) is 4.14. The lowest BCUT2D eigenvalue weighted by atomic mass is 9.98. The van der Waals surface area contributed by atoms with Gasteiger partial charge in [0.25, 0.3) is 5.82 Å². The minimum atomic E-state index is -0.234. The number of hydrogen-bond donors (Lipinski definition) is 2. The van der Waals surface area contributed by atoms with Crippen molar-refractivity contribution in [2.24, 2.45) is 0 Å². The minimum absolute atomic E-state index is 0.0969. The second kappa shape index (κ2) is 6.16. The molecule has 1 atom stereocenters. The van der Waals surface area contributed by atoms with Crippen LogP contribution in [0.5, 0.6) is 0 Å². The molecule has 4 heteroatoms. The first-order valence-corrected chi connectivity index (χ1v) is 7.86. The lowest BCUT2D eigenvalue weighted by Crippen LogP contribution is -2.18. The molecule has 0 spiro atoms. The number of pyridine rings is 1. The van der Waals surface area contributed by atoms with E-state index in [1.165, 1.54) is 12.1 Å². The minimum Gasteiger partial charge on any atom is -0.361 e. The lowest BCUT2D eigenvalue weighted by molar-refractivity contribution is -0.361. The van der Waals surface area contributed by atoms with Gasteiger partial charge in [-0.25, -0.2) is 9.37 Å². The maximum atomic E-state index is 13.3. The van der Waals surface area contributed by atoms with Crippen LogP contribution in [0.2, 0.25) is 0 Å². The van der Waals surface area contributed by atoms with Crippen molar-refractivity contribution in [3.8, 4) is 0 Å². The monoisotopic (exact) mass is 318 g/mol. The summed E-state index contributed by atoms with van der Waals surface area (Å²) in [7, 11) is 0. The van der Waals surface area contributed by atoms with Crippen LogP contribution in [0.1, 0.15) is 17.2 Å². The quantitative estimate of drug-likeness (QED) is 0.578. The predicted octanol–water partition coefficient (Wildman–Crippen LogP) is 4.32. The van der Waals surface area contributed by atoms with Crippen LogP contribution in [0.15, 0.2) is 79.1 Å². The van der Waals surface area contributed by atoms with Gasteiger partial charge in [-0.15, -0.1) is 0 Å². The van der Waals surface area contributed by atoms with Crippen molar-refractivity contribution in [1.29, 1.82) is 0 Å². The largest absolute Gasteiger partial charge is 0.361 e. The van der Waals surface area contributed by atoms with E-state index in [9.17, 15) is 4.39 Å². The Morgan fingerprint density at radius 1 is 0.917 bits per heavy atom. The fourth-order valence-corrected chi connectivity index (χ4v) is 2.97. The van der Waals surface area contributed by atoms with Gasteiger partial charge in [0.05, 0.1) is 6.20 Å². The van der Waals surface area contributed by atoms with Crippen LogP contribution in [0.25, 0.3) is 10.9 Å². The molecule has 0 amide bonds. The molecule has 3 nitrogen and oxygen atoms in total. The van der Waals surface area contributed by atoms with Gasteiger partial charge in [-0.2, -0.15) is 0 Å². The van der Waals surface area contributed by atoms with E-state index in [4.69, 9.17) is 0 Å². The Balaban J connectivity index is 1.82. The van der Waals surface area contributed by atoms with Gasteiger partial charge in [0.2, 0.25) is 0 Å². The molecule has 4 aromatic rings. The van der Waals surface area contributed by atoms with Gasteiger partial charge in [0.15, 0.2) is 0 Å². The van der Waals surface area contributed by atoms with Gasteiger partial charge in [-0.3, -0.25) is 5.32 Å². The summed E-state index contributed by atoms with van der Waals surface area (Å²) in [6, 6.07) is 20.6. The summed E-state index contributed by atoms with van der Waals surface area (Å²) in [6.07, 6.45) is 3.88. The van der Waals surface area contributed by atoms with Crippen LogP contribution in [0.3, 0.4) is 0 Å². The van der Waals surface area contributed by atoms with Crippen molar-refractivity contribution < 1.29 is 9.37 Å². The predicted molar refractivity (Wildman–Crippen MR) is 93.2 cm³/mol. The molecule has 0 aliphatic carbocycles. The molecule has 0 saturated heterocycles. The number of H-pyrrole nitrogens is 2. The molecule has 24 heavy (non-hydrogen) atoms. The zero-order chi connectivity index (χ0) is 16.4. The molecule has 2 aromatic heterocycles. The molecule has 0 fully saturated rings. The first kappa shape index (κ1) is 14.5. The molecule has 3 N–H and O–H groups in total. The summed E-state index contributed by atoms with van der Waals surface area (Å²) in [4.78, 5) is 6.51. The normalized spacial score (nSPS) is 12.2. The van der Waals surface area contributed by atoms with E-state index in [0.29, 0.717) is 0 Å². The van der Waals surface area contributed by atoms with Crippen LogP contribution >= 0.6 is 0 Å². The van der Waals surface area contributed by atoms with Gasteiger partial charge in [0.1, 0.15) is 11.9 Å². The number of halogens is 1. The van der Waals surface area contributed by atoms with Gasteiger partial charge in [-0.05, 0) is 24.3 Å². The van der Waals surface area contributed by atoms with E-state index >= 15 is 0 Å². The van der Waals surface area contributed by atoms with E-state index in [0.717, 1.165) is 27.8 Å². The van der Waals surface area contributed by atoms with Gasteiger partial charge in [-0.1, -0.05) is 36.4 Å². The van der Waals surface area contributed by atoms with Crippen molar-refractivity contribution in [2.75, 3.05) is 5.32 Å². The molecule has 2 heterocycles. The fourth-order valence-electron chi connectivity index (χ4n) is 2.97. The number of nitrogens with one attached hydrogen (secondary N) is 3. The maximum absolute atomic E-state index is 13.3. The van der Waals surface area contributed by atoms with Crippen molar-refractivity contribution in [1.82, 2.24) is 4.98 Å². The summed E-state index contributed by atoms with van der Waals surface area (Å²) in [6.45, 7) is 0. The van der Waals surface area contributed by atoms with Crippen molar-refractivity contribution >= 4 is 16.7 Å². The number of benzene rings is 2. The topological polar surface area (TPSA) is 42.0 Å². The van der Waals surface area contributed by atoms with Crippen LogP contribution in [0, 0.1) is 5.82 Å². The third-order valence-corrected chi connectivity index (χ3v) is 4.14. The first-order valence-electron chi connectivity index (χ1n) is 7.86. The molecule has 0 unspecified atom stereocenters. The van der Waals surface area contributed by atoms with E-state index < -0.39 is 0 Å². The summed E-state index contributed by atoms with van der Waals surface area (Å²) < 4.78 is 13.3. The molecule has 0 aliphatic heterocycles. The van der Waals surface area contributed by atoms with Crippen LogP contribution < -0.4 is 10.3 Å². The third kappa shape index (κ3) is 2.74. The molecule has 0 radical (unpaired) electrons. The molecule has 118 valence electrons. The van der Waals surface area contributed by atoms with Crippen molar-refractivity contribution in [3.05, 3.63) is 96.1 Å². The number of anilines is 1. The Morgan fingerprint density at radius 3 is 2.50 bits per heavy atom. The highest BCUT2D eigenvalue weighted by Gasteiger charge is 2.22. The Hall–Kier alpha value is -3.14. The second-order valence-electron chi connectivity index (χ2n) is 5.69. The molecule has 0 saturated carbocycles. The van der Waals surface area contributed by atoms with Crippen LogP contribution in [0.4, 0.5) is 10.2 Å². The highest BCUT2D eigenvalue weighted by Crippen LogP contribution is 2.31. The Bertz CT molecular complexity index is 945. The van der Waals surface area contributed by atoms with Crippen LogP contribution in [-0.2, 0) is 0 Å². The number of aromatic amines is 2. The smallest absolute Gasteiger partial charge is 0.272 e. The summed E-state index contributed by atoms with van der Waals surface area (Å²) in [5.74, 6) is 0.666. The standard InChI is InChI=1S/C20H16FN3/c21-15-10-8-14(9-11-15)20(24-19-7-3-4-12-22-19)17-13-23-18-6-2-1-5-16(17)18/h1-13,20,23H,(H,22,24)/p+1/t20-/m0/s1.